The van der Waals surface area contributed by atoms with Gasteiger partial charge < -0.3 is 25.5 Å². The van der Waals surface area contributed by atoms with Gasteiger partial charge in [-0.1, -0.05) is 0 Å². The number of ketones is 1. The van der Waals surface area contributed by atoms with Crippen LogP contribution in [-0.4, -0.2) is 37.3 Å². The van der Waals surface area contributed by atoms with Gasteiger partial charge in [0.2, 0.25) is 0 Å². The van der Waals surface area contributed by atoms with E-state index in [4.69, 9.17) is 20.1 Å². The Morgan fingerprint density at radius 1 is 0.773 bits per heavy atom. The Balaban J connectivity index is 0.000000541. The topological polar surface area (TPSA) is 135 Å². The zero-order chi connectivity index (χ0) is 16.9. The van der Waals surface area contributed by atoms with Crippen LogP contribution in [0.1, 0.15) is 22.8 Å². The Morgan fingerprint density at radius 2 is 1.09 bits per heavy atom. The molecule has 7 heteroatoms. The molecular formula is C15H14O7. The summed E-state index contributed by atoms with van der Waals surface area (Å²) in [6.07, 6.45) is 0. The lowest BCUT2D eigenvalue weighted by molar-refractivity contribution is -0.134. The number of hydrogen-bond acceptors (Lipinski definition) is 6. The maximum absolute atomic E-state index is 12.0. The Kier molecular flexibility index (Phi) is 5.34. The average Bonchev–Trinajstić information content (AvgIpc) is 2.37. The van der Waals surface area contributed by atoms with Crippen LogP contribution in [0.3, 0.4) is 0 Å². The smallest absolute Gasteiger partial charge is 0.300 e. The lowest BCUT2D eigenvalue weighted by Gasteiger charge is -2.06. The van der Waals surface area contributed by atoms with E-state index in [0.29, 0.717) is 0 Å². The lowest BCUT2D eigenvalue weighted by Crippen LogP contribution is -2.01. The molecule has 0 aliphatic heterocycles. The molecule has 0 unspecified atom stereocenters. The van der Waals surface area contributed by atoms with Crippen molar-refractivity contribution in [3.63, 3.8) is 0 Å². The van der Waals surface area contributed by atoms with Crippen molar-refractivity contribution in [3.8, 4) is 23.0 Å². The molecule has 2 aromatic carbocycles. The number of carboxylic acid groups (broad SMARTS) is 1. The molecule has 7 nitrogen and oxygen atoms in total. The standard InChI is InChI=1S/C13H10O5.C2H4O2/c14-7-1-3-9(11(16)5-7)13(18)10-4-2-8(15)6-12(10)17;1-2(3)4/h1-6,14-17H;1H3,(H,3,4). The maximum atomic E-state index is 12.0. The molecule has 116 valence electrons. The first-order valence-electron chi connectivity index (χ1n) is 6.00. The van der Waals surface area contributed by atoms with Gasteiger partial charge in [-0.05, 0) is 24.3 Å². The number of carbonyl (C=O) groups is 2. The molecule has 0 aliphatic carbocycles. The number of carboxylic acids is 1. The third-order valence-corrected chi connectivity index (χ3v) is 2.45. The zero-order valence-electron chi connectivity index (χ0n) is 11.5. The van der Waals surface area contributed by atoms with E-state index in [1.807, 2.05) is 0 Å². The minimum atomic E-state index is -0.833. The maximum Gasteiger partial charge on any atom is 0.300 e. The SMILES string of the molecule is CC(=O)O.O=C(c1ccc(O)cc1O)c1ccc(O)cc1O. The first kappa shape index (κ1) is 16.8. The molecule has 0 amide bonds. The Hall–Kier alpha value is -3.22. The second-order valence-electron chi connectivity index (χ2n) is 4.25. The number of aliphatic carboxylic acids is 1. The van der Waals surface area contributed by atoms with Crippen LogP contribution in [0.25, 0.3) is 0 Å². The fourth-order valence-corrected chi connectivity index (χ4v) is 1.57. The van der Waals surface area contributed by atoms with Crippen molar-refractivity contribution in [2.45, 2.75) is 6.92 Å². The summed E-state index contributed by atoms with van der Waals surface area (Å²) >= 11 is 0. The first-order chi connectivity index (χ1) is 10.2. The van der Waals surface area contributed by atoms with Gasteiger partial charge in [-0.3, -0.25) is 9.59 Å². The van der Waals surface area contributed by atoms with Crippen LogP contribution in [0.4, 0.5) is 0 Å². The van der Waals surface area contributed by atoms with Crippen LogP contribution in [0.15, 0.2) is 36.4 Å². The highest BCUT2D eigenvalue weighted by molar-refractivity contribution is 6.12. The molecule has 0 radical (unpaired) electrons. The molecule has 2 aromatic rings. The van der Waals surface area contributed by atoms with Gasteiger partial charge in [-0.15, -0.1) is 0 Å². The fraction of sp³-hybridized carbons (Fsp3) is 0.0667. The number of aromatic hydroxyl groups is 4. The summed E-state index contributed by atoms with van der Waals surface area (Å²) in [4.78, 5) is 21.0. The molecule has 0 saturated carbocycles. The highest BCUT2D eigenvalue weighted by Crippen LogP contribution is 2.29. The highest BCUT2D eigenvalue weighted by atomic mass is 16.4. The van der Waals surface area contributed by atoms with E-state index < -0.39 is 11.8 Å². The predicted octanol–water partition coefficient (Wildman–Crippen LogP) is 1.83. The Bertz CT molecular complexity index is 650. The van der Waals surface area contributed by atoms with Crippen LogP contribution in [0, 0.1) is 0 Å². The third-order valence-electron chi connectivity index (χ3n) is 2.45. The van der Waals surface area contributed by atoms with Gasteiger partial charge in [-0.2, -0.15) is 0 Å². The van der Waals surface area contributed by atoms with E-state index in [9.17, 15) is 15.0 Å². The molecule has 0 aliphatic rings. The van der Waals surface area contributed by atoms with Crippen molar-refractivity contribution in [1.29, 1.82) is 0 Å². The molecule has 22 heavy (non-hydrogen) atoms. The molecule has 0 bridgehead atoms. The van der Waals surface area contributed by atoms with E-state index in [2.05, 4.69) is 0 Å². The van der Waals surface area contributed by atoms with Crippen molar-refractivity contribution in [1.82, 2.24) is 0 Å². The van der Waals surface area contributed by atoms with Gasteiger partial charge in [0.15, 0.2) is 5.78 Å². The van der Waals surface area contributed by atoms with Crippen LogP contribution < -0.4 is 0 Å². The number of hydrogen-bond donors (Lipinski definition) is 5. The van der Waals surface area contributed by atoms with Crippen LogP contribution in [0.2, 0.25) is 0 Å². The van der Waals surface area contributed by atoms with E-state index in [1.54, 1.807) is 0 Å². The van der Waals surface area contributed by atoms with Crippen LogP contribution in [-0.2, 0) is 4.79 Å². The largest absolute Gasteiger partial charge is 0.508 e. The molecule has 2 rings (SSSR count). The van der Waals surface area contributed by atoms with Crippen LogP contribution in [0.5, 0.6) is 23.0 Å². The molecule has 0 spiro atoms. The molecular weight excluding hydrogens is 292 g/mol. The second kappa shape index (κ2) is 6.98. The number of phenols is 4. The summed E-state index contributed by atoms with van der Waals surface area (Å²) in [5.41, 5.74) is -0.0948. The molecule has 0 aromatic heterocycles. The fourth-order valence-electron chi connectivity index (χ4n) is 1.57. The lowest BCUT2D eigenvalue weighted by atomic mass is 10.0. The van der Waals surface area contributed by atoms with E-state index in [1.165, 1.54) is 24.3 Å². The van der Waals surface area contributed by atoms with Crippen LogP contribution >= 0.6 is 0 Å². The summed E-state index contributed by atoms with van der Waals surface area (Å²) in [7, 11) is 0. The van der Waals surface area contributed by atoms with Gasteiger partial charge in [0, 0.05) is 19.1 Å². The van der Waals surface area contributed by atoms with Crippen molar-refractivity contribution in [3.05, 3.63) is 47.5 Å². The molecule has 0 heterocycles. The summed E-state index contributed by atoms with van der Waals surface area (Å²) in [5.74, 6) is -2.54. The quantitative estimate of drug-likeness (QED) is 0.534. The van der Waals surface area contributed by atoms with Gasteiger partial charge in [0.05, 0.1) is 11.1 Å². The normalized spacial score (nSPS) is 9.50. The van der Waals surface area contributed by atoms with Gasteiger partial charge in [0.25, 0.3) is 5.97 Å². The second-order valence-corrected chi connectivity index (χ2v) is 4.25. The number of carbonyl (C=O) groups excluding carboxylic acids is 1. The van der Waals surface area contributed by atoms with Crippen molar-refractivity contribution in [2.75, 3.05) is 0 Å². The number of benzene rings is 2. The molecule has 0 atom stereocenters. The monoisotopic (exact) mass is 306 g/mol. The van der Waals surface area contributed by atoms with Gasteiger partial charge in [0.1, 0.15) is 23.0 Å². The highest BCUT2D eigenvalue weighted by Gasteiger charge is 2.17. The number of rotatable bonds is 2. The summed E-state index contributed by atoms with van der Waals surface area (Å²) in [6.45, 7) is 1.08. The van der Waals surface area contributed by atoms with E-state index in [0.717, 1.165) is 19.1 Å². The van der Waals surface area contributed by atoms with Gasteiger partial charge >= 0.3 is 0 Å². The summed E-state index contributed by atoms with van der Waals surface area (Å²) < 4.78 is 0. The molecule has 0 saturated heterocycles. The van der Waals surface area contributed by atoms with Crippen molar-refractivity contribution in [2.24, 2.45) is 0 Å². The summed E-state index contributed by atoms with van der Waals surface area (Å²) in [6, 6.07) is 7.07. The Morgan fingerprint density at radius 3 is 1.36 bits per heavy atom. The van der Waals surface area contributed by atoms with E-state index in [-0.39, 0.29) is 34.1 Å². The predicted molar refractivity (Wildman–Crippen MR) is 76.3 cm³/mol. The first-order valence-corrected chi connectivity index (χ1v) is 6.00. The van der Waals surface area contributed by atoms with Crippen molar-refractivity contribution < 1.29 is 35.1 Å². The third kappa shape index (κ3) is 4.41. The molecule has 5 N–H and O–H groups in total. The average molecular weight is 306 g/mol. The van der Waals surface area contributed by atoms with Gasteiger partial charge in [-0.25, -0.2) is 0 Å². The number of phenolic OH excluding ortho intramolecular Hbond substituents is 4. The summed E-state index contributed by atoms with van der Waals surface area (Å²) in [5, 5.41) is 44.8. The Labute approximate surface area is 125 Å². The zero-order valence-corrected chi connectivity index (χ0v) is 11.5. The minimum absolute atomic E-state index is 0.0474. The van der Waals surface area contributed by atoms with Crippen molar-refractivity contribution >= 4 is 11.8 Å². The van der Waals surface area contributed by atoms with E-state index >= 15 is 0 Å². The molecule has 0 fully saturated rings. The minimum Gasteiger partial charge on any atom is -0.508 e.